The van der Waals surface area contributed by atoms with Gasteiger partial charge in [-0.1, -0.05) is 39.8 Å². The Hall–Kier alpha value is -0.123. The second kappa shape index (κ2) is 10.1. The molecule has 0 aromatic heterocycles. The Labute approximate surface area is 105 Å². The second-order valence-electron chi connectivity index (χ2n) is 4.07. The van der Waals surface area contributed by atoms with Crippen molar-refractivity contribution >= 4 is 9.52 Å². The molecule has 0 amide bonds. The van der Waals surface area contributed by atoms with Crippen molar-refractivity contribution in [2.75, 3.05) is 26.2 Å². The van der Waals surface area contributed by atoms with E-state index in [9.17, 15) is 0 Å². The van der Waals surface area contributed by atoms with Gasteiger partial charge in [-0.05, 0) is 39.1 Å². The molecule has 0 aliphatic heterocycles. The van der Waals surface area contributed by atoms with Crippen molar-refractivity contribution in [3.63, 3.8) is 0 Å². The summed E-state index contributed by atoms with van der Waals surface area (Å²) in [5, 5.41) is 0. The molecule has 2 nitrogen and oxygen atoms in total. The van der Waals surface area contributed by atoms with E-state index in [2.05, 4.69) is 56.6 Å². The number of rotatable bonds is 9. The van der Waals surface area contributed by atoms with Crippen molar-refractivity contribution in [1.82, 2.24) is 9.80 Å². The fourth-order valence-corrected chi connectivity index (χ4v) is 4.89. The predicted molar refractivity (Wildman–Crippen MR) is 77.8 cm³/mol. The lowest BCUT2D eigenvalue weighted by Gasteiger charge is -2.38. The minimum Gasteiger partial charge on any atom is -0.292 e. The highest BCUT2D eigenvalue weighted by molar-refractivity contribution is 6.38. The van der Waals surface area contributed by atoms with E-state index in [0.29, 0.717) is 0 Å². The molecule has 0 saturated heterocycles. The van der Waals surface area contributed by atoms with Gasteiger partial charge in [-0.25, -0.2) is 0 Å². The van der Waals surface area contributed by atoms with Crippen molar-refractivity contribution in [2.45, 2.75) is 46.5 Å². The van der Waals surface area contributed by atoms with Crippen LogP contribution in [0.4, 0.5) is 0 Å². The molecular formula is C13H30N2Si. The molecule has 96 valence electrons. The Morgan fingerprint density at radius 2 is 1.38 bits per heavy atom. The van der Waals surface area contributed by atoms with Crippen molar-refractivity contribution in [3.8, 4) is 0 Å². The average molecular weight is 242 g/mol. The van der Waals surface area contributed by atoms with Crippen LogP contribution in [0.1, 0.15) is 34.6 Å². The van der Waals surface area contributed by atoms with Gasteiger partial charge in [0.05, 0.1) is 9.52 Å². The van der Waals surface area contributed by atoms with Gasteiger partial charge in [0.25, 0.3) is 0 Å². The van der Waals surface area contributed by atoms with E-state index in [1.807, 2.05) is 0 Å². The molecule has 0 spiro atoms. The maximum atomic E-state index is 2.63. The van der Waals surface area contributed by atoms with Crippen molar-refractivity contribution in [1.29, 1.82) is 0 Å². The molecule has 0 N–H and O–H groups in total. The van der Waals surface area contributed by atoms with E-state index in [1.54, 1.807) is 0 Å². The molecule has 0 aromatic rings. The molecule has 0 radical (unpaired) electrons. The second-order valence-corrected chi connectivity index (χ2v) is 5.95. The smallest absolute Gasteiger partial charge is 0.0629 e. The summed E-state index contributed by atoms with van der Waals surface area (Å²) in [6, 6.07) is 1.33. The number of nitrogens with zero attached hydrogens (tertiary/aromatic N) is 2. The molecule has 0 aliphatic carbocycles. The average Bonchev–Trinajstić information content (AvgIpc) is 2.31. The number of hydrogen-bond donors (Lipinski definition) is 0. The summed E-state index contributed by atoms with van der Waals surface area (Å²) in [4.78, 5) is 5.26. The van der Waals surface area contributed by atoms with Gasteiger partial charge in [0, 0.05) is 5.79 Å². The fraction of sp³-hybridized carbons (Fsp3) is 0.846. The summed E-state index contributed by atoms with van der Waals surface area (Å²) < 4.78 is 0. The van der Waals surface area contributed by atoms with Gasteiger partial charge in [-0.2, -0.15) is 0 Å². The topological polar surface area (TPSA) is 6.48 Å². The summed E-state index contributed by atoms with van der Waals surface area (Å²) in [6.45, 7) is 16.0. The van der Waals surface area contributed by atoms with Gasteiger partial charge in [0.2, 0.25) is 0 Å². The van der Waals surface area contributed by atoms with Crippen molar-refractivity contribution < 1.29 is 0 Å². The Bertz CT molecular complexity index is 163. The van der Waals surface area contributed by atoms with Gasteiger partial charge in [0.15, 0.2) is 0 Å². The SMILES string of the molecule is CC=CC[SiH2]C(N(CC)CC)N(CC)CC. The van der Waals surface area contributed by atoms with Crippen LogP contribution in [-0.2, 0) is 0 Å². The molecule has 0 aromatic carbocycles. The van der Waals surface area contributed by atoms with Gasteiger partial charge in [-0.3, -0.25) is 9.80 Å². The number of hydrogen-bond acceptors (Lipinski definition) is 2. The molecule has 16 heavy (non-hydrogen) atoms. The zero-order chi connectivity index (χ0) is 12.4. The first-order chi connectivity index (χ1) is 7.74. The molecule has 3 heteroatoms. The van der Waals surface area contributed by atoms with Crippen LogP contribution in [0, 0.1) is 0 Å². The first kappa shape index (κ1) is 15.9. The van der Waals surface area contributed by atoms with Crippen molar-refractivity contribution in [2.24, 2.45) is 0 Å². The number of allylic oxidation sites excluding steroid dienone is 2. The highest BCUT2D eigenvalue weighted by Gasteiger charge is 2.20. The summed E-state index contributed by atoms with van der Waals surface area (Å²) in [7, 11) is -0.0595. The van der Waals surface area contributed by atoms with Crippen LogP contribution in [0.5, 0.6) is 0 Å². The summed E-state index contributed by atoms with van der Waals surface area (Å²) in [5.41, 5.74) is 0. The lowest BCUT2D eigenvalue weighted by atomic mass is 10.5. The highest BCUT2D eigenvalue weighted by Crippen LogP contribution is 2.07. The van der Waals surface area contributed by atoms with E-state index >= 15 is 0 Å². The monoisotopic (exact) mass is 242 g/mol. The molecule has 0 heterocycles. The minimum absolute atomic E-state index is 0.0595. The van der Waals surface area contributed by atoms with Crippen LogP contribution in [0.25, 0.3) is 0 Å². The van der Waals surface area contributed by atoms with E-state index < -0.39 is 0 Å². The van der Waals surface area contributed by atoms with E-state index in [4.69, 9.17) is 0 Å². The third-order valence-electron chi connectivity index (χ3n) is 3.29. The van der Waals surface area contributed by atoms with Crippen LogP contribution in [-0.4, -0.2) is 51.3 Å². The van der Waals surface area contributed by atoms with Gasteiger partial charge in [-0.15, -0.1) is 0 Å². The zero-order valence-corrected chi connectivity index (χ0v) is 13.3. The van der Waals surface area contributed by atoms with Gasteiger partial charge < -0.3 is 0 Å². The lowest BCUT2D eigenvalue weighted by molar-refractivity contribution is 0.115. The van der Waals surface area contributed by atoms with Crippen LogP contribution >= 0.6 is 0 Å². The molecule has 0 rings (SSSR count). The third kappa shape index (κ3) is 5.28. The van der Waals surface area contributed by atoms with Crippen LogP contribution in [0.3, 0.4) is 0 Å². The third-order valence-corrected chi connectivity index (χ3v) is 5.51. The normalized spacial score (nSPS) is 13.2. The minimum atomic E-state index is -0.0595. The highest BCUT2D eigenvalue weighted by atomic mass is 28.2. The summed E-state index contributed by atoms with van der Waals surface area (Å²) in [5.74, 6) is 0.751. The lowest BCUT2D eigenvalue weighted by Crippen LogP contribution is -2.51. The molecular weight excluding hydrogens is 212 g/mol. The zero-order valence-electron chi connectivity index (χ0n) is 11.9. The molecule has 0 bridgehead atoms. The maximum absolute atomic E-state index is 2.63. The summed E-state index contributed by atoms with van der Waals surface area (Å²) >= 11 is 0. The Balaban J connectivity index is 4.45. The van der Waals surface area contributed by atoms with E-state index in [-0.39, 0.29) is 9.52 Å². The molecule has 0 aliphatic rings. The van der Waals surface area contributed by atoms with Gasteiger partial charge >= 0.3 is 0 Å². The first-order valence-electron chi connectivity index (χ1n) is 6.84. The van der Waals surface area contributed by atoms with Crippen LogP contribution < -0.4 is 0 Å². The van der Waals surface area contributed by atoms with Crippen LogP contribution in [0.15, 0.2) is 12.2 Å². The standard InChI is InChI=1S/C13H30N2Si/c1-6-11-12-16-13(14(7-2)8-3)15(9-4)10-5/h6,11,13H,7-10,12,16H2,1-5H3. The Kier molecular flexibility index (Phi) is 9.98. The quantitative estimate of drug-likeness (QED) is 0.347. The van der Waals surface area contributed by atoms with Crippen molar-refractivity contribution in [3.05, 3.63) is 12.2 Å². The summed E-state index contributed by atoms with van der Waals surface area (Å²) in [6.07, 6.45) is 4.53. The van der Waals surface area contributed by atoms with Crippen LogP contribution in [0.2, 0.25) is 6.04 Å². The first-order valence-corrected chi connectivity index (χ1v) is 8.65. The molecule has 0 fully saturated rings. The van der Waals surface area contributed by atoms with E-state index in [1.165, 1.54) is 32.2 Å². The predicted octanol–water partition coefficient (Wildman–Crippen LogP) is 2.12. The molecule has 0 atom stereocenters. The molecule has 0 unspecified atom stereocenters. The Morgan fingerprint density at radius 1 is 0.938 bits per heavy atom. The van der Waals surface area contributed by atoms with Gasteiger partial charge in [0.1, 0.15) is 0 Å². The Morgan fingerprint density at radius 3 is 1.69 bits per heavy atom. The molecule has 0 saturated carbocycles. The maximum Gasteiger partial charge on any atom is 0.0629 e. The largest absolute Gasteiger partial charge is 0.292 e. The fourth-order valence-electron chi connectivity index (χ4n) is 2.30. The van der Waals surface area contributed by atoms with E-state index in [0.717, 1.165) is 5.79 Å².